The van der Waals surface area contributed by atoms with Gasteiger partial charge >= 0.3 is 6.01 Å². The molecule has 1 N–H and O–H groups in total. The van der Waals surface area contributed by atoms with Gasteiger partial charge in [-0.15, -0.1) is 0 Å². The molecule has 11 nitrogen and oxygen atoms in total. The molecule has 2 aliphatic rings. The quantitative estimate of drug-likeness (QED) is 0.160. The number of aromatic nitrogens is 4. The lowest BCUT2D eigenvalue weighted by Gasteiger charge is -2.29. The highest BCUT2D eigenvalue weighted by molar-refractivity contribution is 6.18. The van der Waals surface area contributed by atoms with Crippen molar-refractivity contribution >= 4 is 44.7 Å². The molecule has 2 fully saturated rings. The third-order valence-electron chi connectivity index (χ3n) is 9.12. The number of halogens is 2. The highest BCUT2D eigenvalue weighted by Gasteiger charge is 2.44. The molecule has 1 saturated heterocycles. The maximum atomic E-state index is 17.6. The van der Waals surface area contributed by atoms with E-state index in [2.05, 4.69) is 4.98 Å². The number of benzene rings is 3. The Morgan fingerprint density at radius 2 is 1.94 bits per heavy atom. The highest BCUT2D eigenvalue weighted by Crippen LogP contribution is 2.46. The molecule has 252 valence electrons. The first-order valence-electron chi connectivity index (χ1n) is 15.9. The number of hydrogen-bond acceptors (Lipinski definition) is 10. The summed E-state index contributed by atoms with van der Waals surface area (Å²) in [4.78, 5) is 22.9. The fourth-order valence-electron chi connectivity index (χ4n) is 6.54. The van der Waals surface area contributed by atoms with Crippen molar-refractivity contribution in [3.63, 3.8) is 0 Å². The summed E-state index contributed by atoms with van der Waals surface area (Å²) >= 11 is 0. The zero-order valence-electron chi connectivity index (χ0n) is 27.3. The zero-order valence-corrected chi connectivity index (χ0v) is 27.3. The van der Waals surface area contributed by atoms with Gasteiger partial charge in [0.1, 0.15) is 46.9 Å². The lowest BCUT2D eigenvalue weighted by atomic mass is 9.90. The van der Waals surface area contributed by atoms with Gasteiger partial charge in [-0.05, 0) is 66.3 Å². The second-order valence-electron chi connectivity index (χ2n) is 13.0. The van der Waals surface area contributed by atoms with Gasteiger partial charge in [-0.25, -0.2) is 8.78 Å². The van der Waals surface area contributed by atoms with Crippen LogP contribution in [0, 0.1) is 17.0 Å². The number of carbonyl (C=O) groups excluding carboxylic acids is 1. The van der Waals surface area contributed by atoms with Crippen LogP contribution in [0.4, 0.5) is 14.6 Å². The Labute approximate surface area is 275 Å². The largest absolute Gasteiger partial charge is 0.468 e. The number of nitrogens with zero attached hydrogens (tertiary/aromatic N) is 5. The van der Waals surface area contributed by atoms with Crippen LogP contribution in [0.1, 0.15) is 32.3 Å². The number of β-amino-alcohol motifs (C(OH)–C–C–N with tert-alkyl or cyclic N) is 1. The number of aldehydes is 1. The molecule has 1 unspecified atom stereocenters. The fourth-order valence-corrected chi connectivity index (χ4v) is 6.54. The van der Waals surface area contributed by atoms with E-state index in [-0.39, 0.29) is 43.6 Å². The van der Waals surface area contributed by atoms with Gasteiger partial charge in [0, 0.05) is 37.8 Å². The molecular formula is C35H37F2N5O6. The summed E-state index contributed by atoms with van der Waals surface area (Å²) in [6, 6.07) is 6.37. The van der Waals surface area contributed by atoms with Crippen LogP contribution in [-0.2, 0) is 27.7 Å². The third kappa shape index (κ3) is 5.69. The predicted molar refractivity (Wildman–Crippen MR) is 175 cm³/mol. The summed E-state index contributed by atoms with van der Waals surface area (Å²) in [7, 11) is 3.23. The highest BCUT2D eigenvalue weighted by atomic mass is 19.1. The predicted octanol–water partition coefficient (Wildman–Crippen LogP) is 5.11. The number of rotatable bonds is 10. The van der Waals surface area contributed by atoms with Gasteiger partial charge in [-0.2, -0.15) is 15.1 Å². The molecule has 1 aliphatic heterocycles. The molecule has 1 aliphatic carbocycles. The molecule has 0 amide bonds. The number of ether oxygens (including phenoxy) is 4. The molecule has 7 rings (SSSR count). The van der Waals surface area contributed by atoms with E-state index >= 15 is 8.78 Å². The first-order chi connectivity index (χ1) is 23.1. The Balaban J connectivity index is 1.55. The maximum absolute atomic E-state index is 17.6. The summed E-state index contributed by atoms with van der Waals surface area (Å²) in [5.74, 6) is -0.382. The molecule has 0 bridgehead atoms. The van der Waals surface area contributed by atoms with Crippen molar-refractivity contribution in [1.29, 1.82) is 0 Å². The number of aliphatic hydroxyl groups is 1. The van der Waals surface area contributed by atoms with Crippen molar-refractivity contribution in [2.24, 2.45) is 12.5 Å². The SMILES string of the molecule is CCc1c(F)ccc2cc(OCOC)cc(-c3c(F)c4nc(OCC5(C=O)CC5)nc(N5CCOCC(C)(O)C5)c4c4cn(C)nc34)c12. The molecule has 5 aromatic rings. The molecular weight excluding hydrogens is 624 g/mol. The molecule has 3 aromatic carbocycles. The summed E-state index contributed by atoms with van der Waals surface area (Å²) in [5.41, 5.74) is -0.654. The van der Waals surface area contributed by atoms with Gasteiger partial charge < -0.3 is 33.7 Å². The topological polar surface area (TPSA) is 121 Å². The zero-order chi connectivity index (χ0) is 33.8. The van der Waals surface area contributed by atoms with Crippen molar-refractivity contribution in [1.82, 2.24) is 19.7 Å². The molecule has 0 radical (unpaired) electrons. The summed E-state index contributed by atoms with van der Waals surface area (Å²) < 4.78 is 57.1. The first kappa shape index (κ1) is 32.1. The Morgan fingerprint density at radius 1 is 1.12 bits per heavy atom. The van der Waals surface area contributed by atoms with Crippen LogP contribution in [0.15, 0.2) is 30.5 Å². The molecule has 13 heteroatoms. The van der Waals surface area contributed by atoms with Gasteiger partial charge in [-0.3, -0.25) is 4.68 Å². The number of methoxy groups -OCH3 is 1. The number of aryl methyl sites for hydroxylation is 2. The standard InChI is InChI=1S/C35H37F2N5O6/c1-5-22-25(36)7-6-20-12-21(48-19-45-4)13-23(26(20)22)27-29(37)31-28(24-14-41(3)40-30(24)27)32(42-10-11-46-17-34(2,44)15-42)39-33(38-31)47-18-35(16-43)8-9-35/h6-7,12-14,16,44H,5,8-11,15,17-19H2,1-4H3. The summed E-state index contributed by atoms with van der Waals surface area (Å²) in [6.45, 7) is 4.43. The smallest absolute Gasteiger partial charge is 0.319 e. The van der Waals surface area contributed by atoms with E-state index in [0.717, 1.165) is 6.29 Å². The van der Waals surface area contributed by atoms with E-state index in [1.54, 1.807) is 43.0 Å². The van der Waals surface area contributed by atoms with Crippen molar-refractivity contribution in [2.45, 2.75) is 38.7 Å². The van der Waals surface area contributed by atoms with E-state index in [0.29, 0.717) is 82.2 Å². The van der Waals surface area contributed by atoms with Gasteiger partial charge in [0.15, 0.2) is 12.6 Å². The number of anilines is 1. The van der Waals surface area contributed by atoms with Crippen molar-refractivity contribution in [3.8, 4) is 22.9 Å². The summed E-state index contributed by atoms with van der Waals surface area (Å²) in [5, 5.41) is 17.9. The van der Waals surface area contributed by atoms with Crippen LogP contribution >= 0.6 is 0 Å². The van der Waals surface area contributed by atoms with E-state index in [1.165, 1.54) is 13.2 Å². The second kappa shape index (κ2) is 12.2. The van der Waals surface area contributed by atoms with Crippen LogP contribution in [0.25, 0.3) is 43.7 Å². The van der Waals surface area contributed by atoms with E-state index in [9.17, 15) is 9.90 Å². The molecule has 0 spiro atoms. The lowest BCUT2D eigenvalue weighted by Crippen LogP contribution is -2.42. The first-order valence-corrected chi connectivity index (χ1v) is 15.9. The van der Waals surface area contributed by atoms with Crippen molar-refractivity contribution in [2.75, 3.05) is 51.7 Å². The Hall–Kier alpha value is -4.46. The minimum absolute atomic E-state index is 0.0444. The number of hydrogen-bond donors (Lipinski definition) is 1. The molecule has 3 heterocycles. The maximum Gasteiger partial charge on any atom is 0.319 e. The van der Waals surface area contributed by atoms with Crippen LogP contribution in [0.2, 0.25) is 0 Å². The monoisotopic (exact) mass is 661 g/mol. The fraction of sp³-hybridized carbons (Fsp3) is 0.429. The number of fused-ring (bicyclic) bond motifs is 4. The van der Waals surface area contributed by atoms with E-state index in [1.807, 2.05) is 11.8 Å². The Morgan fingerprint density at radius 3 is 2.67 bits per heavy atom. The Bertz CT molecular complexity index is 2060. The van der Waals surface area contributed by atoms with Crippen molar-refractivity contribution < 1.29 is 37.6 Å². The average molecular weight is 662 g/mol. The van der Waals surface area contributed by atoms with Gasteiger partial charge in [0.05, 0.1) is 30.6 Å². The third-order valence-corrected chi connectivity index (χ3v) is 9.12. The van der Waals surface area contributed by atoms with Crippen LogP contribution in [0.3, 0.4) is 0 Å². The van der Waals surface area contributed by atoms with Crippen LogP contribution < -0.4 is 14.4 Å². The lowest BCUT2D eigenvalue weighted by molar-refractivity contribution is -0.113. The minimum Gasteiger partial charge on any atom is -0.468 e. The van der Waals surface area contributed by atoms with Gasteiger partial charge in [0.25, 0.3) is 0 Å². The van der Waals surface area contributed by atoms with Gasteiger partial charge in [0.2, 0.25) is 0 Å². The normalized spacial score (nSPS) is 19.2. The Kier molecular flexibility index (Phi) is 8.17. The molecule has 2 aromatic heterocycles. The van der Waals surface area contributed by atoms with Crippen molar-refractivity contribution in [3.05, 3.63) is 47.7 Å². The number of carbonyl (C=O) groups is 1. The average Bonchev–Trinajstić information content (AvgIpc) is 3.79. The van der Waals surface area contributed by atoms with Crippen LogP contribution in [-0.4, -0.2) is 83.6 Å². The molecule has 48 heavy (non-hydrogen) atoms. The van der Waals surface area contributed by atoms with E-state index in [4.69, 9.17) is 29.0 Å². The van der Waals surface area contributed by atoms with E-state index < -0.39 is 22.7 Å². The molecule has 1 saturated carbocycles. The minimum atomic E-state index is -1.22. The van der Waals surface area contributed by atoms with Crippen LogP contribution in [0.5, 0.6) is 11.8 Å². The molecule has 1 atom stereocenters. The van der Waals surface area contributed by atoms with Gasteiger partial charge in [-0.1, -0.05) is 13.0 Å². The second-order valence-corrected chi connectivity index (χ2v) is 13.0. The summed E-state index contributed by atoms with van der Waals surface area (Å²) in [6.07, 6.45) is 4.37.